The summed E-state index contributed by atoms with van der Waals surface area (Å²) in [7, 11) is -3.54. The van der Waals surface area contributed by atoms with Gasteiger partial charge in [0.15, 0.2) is 12.6 Å². The summed E-state index contributed by atoms with van der Waals surface area (Å²) in [6, 6.07) is 4.64. The number of hydrogen-bond donors (Lipinski definition) is 12. The molecule has 21 nitrogen and oxygen atoms in total. The molecule has 22 heteroatoms. The Morgan fingerprint density at radius 1 is 0.825 bits per heavy atom. The van der Waals surface area contributed by atoms with Gasteiger partial charge in [-0.1, -0.05) is 29.8 Å². The summed E-state index contributed by atoms with van der Waals surface area (Å²) in [5, 5.41) is 70.9. The topological polar surface area (TPSA) is 354 Å². The van der Waals surface area contributed by atoms with Crippen molar-refractivity contribution in [2.75, 3.05) is 52.5 Å². The van der Waals surface area contributed by atoms with Crippen molar-refractivity contribution in [3.8, 4) is 0 Å². The fraction of sp³-hybridized carbons (Fsp3) is 0.743. The number of morpholine rings is 1. The number of nitrogens with one attached hydrogen (secondary N) is 1. The van der Waals surface area contributed by atoms with Gasteiger partial charge in [-0.05, 0) is 25.8 Å². The highest BCUT2D eigenvalue weighted by atomic mass is 32.2. The van der Waals surface area contributed by atoms with Crippen molar-refractivity contribution in [3.63, 3.8) is 0 Å². The molecule has 15 atom stereocenters. The summed E-state index contributed by atoms with van der Waals surface area (Å²) >= 11 is 0. The van der Waals surface area contributed by atoms with Crippen LogP contribution in [-0.4, -0.2) is 199 Å². The number of benzene rings is 1. The number of ether oxygens (including phenoxy) is 5. The molecule has 4 aliphatic heterocycles. The fourth-order valence-corrected chi connectivity index (χ4v) is 8.84. The number of aliphatic imine (C=N–C) groups is 1. The van der Waals surface area contributed by atoms with Gasteiger partial charge in [0.05, 0.1) is 32.4 Å². The van der Waals surface area contributed by atoms with E-state index in [1.807, 2.05) is 31.2 Å². The van der Waals surface area contributed by atoms with E-state index in [1.54, 1.807) is 6.92 Å². The summed E-state index contributed by atoms with van der Waals surface area (Å²) in [6.45, 7) is 7.70. The van der Waals surface area contributed by atoms with Crippen LogP contribution in [-0.2, 0) is 33.7 Å². The zero-order valence-corrected chi connectivity index (χ0v) is 32.8. The highest BCUT2D eigenvalue weighted by Gasteiger charge is 2.51. The van der Waals surface area contributed by atoms with Crippen LogP contribution in [0.15, 0.2) is 34.8 Å². The Hall–Kier alpha value is -2.30. The molecule has 1 aromatic carbocycles. The lowest BCUT2D eigenvalue weighted by Gasteiger charge is -2.48. The molecule has 16 N–H and O–H groups in total. The molecule has 0 bridgehead atoms. The van der Waals surface area contributed by atoms with E-state index in [4.69, 9.17) is 46.6 Å². The molecule has 6 rings (SSSR count). The molecule has 324 valence electrons. The standard InChI is InChI=1S/C18H36N4O11.C17H23N3O3S/c19-2-6-10(25)12(27)13(28)18(30-6)33-16-5(21)1-4(20)15(14(16)29)32-17-11(26)8(22)9(24)7(3-23)31-17;1-13-3-5-15(6-4-13)16-14(2)17(19-24(16,21)22)18-7-8-20-9-11-23-12-10-20/h4-18,23-29H,1-3,19-22H2;3-6H,7-12H2,1-2H3,(H,18,19)/t4-,5+,6-,7-,8+,9-,10-,11-,12+,13-,14-,15+,16-,17-,18-;/m1./s1. The normalized spacial score (nSPS) is 40.7. The van der Waals surface area contributed by atoms with Crippen molar-refractivity contribution in [1.29, 1.82) is 0 Å². The van der Waals surface area contributed by atoms with Crippen molar-refractivity contribution < 1.29 is 67.8 Å². The van der Waals surface area contributed by atoms with E-state index in [-0.39, 0.29) is 13.0 Å². The van der Waals surface area contributed by atoms with E-state index in [0.717, 1.165) is 38.4 Å². The van der Waals surface area contributed by atoms with Crippen molar-refractivity contribution in [2.45, 2.75) is 112 Å². The van der Waals surface area contributed by atoms with Gasteiger partial charge in [-0.15, -0.1) is 0 Å². The Bertz CT molecular complexity index is 1580. The van der Waals surface area contributed by atoms with Gasteiger partial charge in [-0.2, -0.15) is 0 Å². The van der Waals surface area contributed by atoms with E-state index >= 15 is 0 Å². The second-order valence-electron chi connectivity index (χ2n) is 14.9. The third-order valence-electron chi connectivity index (χ3n) is 10.8. The summed E-state index contributed by atoms with van der Waals surface area (Å²) in [5.41, 5.74) is 26.0. The van der Waals surface area contributed by atoms with Gasteiger partial charge in [0, 0.05) is 43.8 Å². The van der Waals surface area contributed by atoms with Gasteiger partial charge >= 0.3 is 0 Å². The smallest absolute Gasteiger partial charge is 0.264 e. The van der Waals surface area contributed by atoms with Gasteiger partial charge < -0.3 is 82.4 Å². The fourth-order valence-electron chi connectivity index (χ4n) is 7.32. The molecule has 0 radical (unpaired) electrons. The Labute approximate surface area is 331 Å². The van der Waals surface area contributed by atoms with Crippen LogP contribution in [0.4, 0.5) is 0 Å². The number of nitrogens with zero attached hydrogens (tertiary/aromatic N) is 2. The second kappa shape index (κ2) is 19.8. The molecule has 1 saturated carbocycles. The number of nitrogens with two attached hydrogens (primary N) is 4. The molecule has 1 aromatic rings. The largest absolute Gasteiger partial charge is 0.394 e. The second-order valence-corrected chi connectivity index (χ2v) is 16.5. The molecule has 0 amide bonds. The molecule has 5 aliphatic rings. The van der Waals surface area contributed by atoms with Crippen LogP contribution in [0.1, 0.15) is 24.5 Å². The van der Waals surface area contributed by atoms with Crippen LogP contribution in [0.25, 0.3) is 4.91 Å². The van der Waals surface area contributed by atoms with Crippen LogP contribution >= 0.6 is 0 Å². The quantitative estimate of drug-likeness (QED) is 0.104. The molecule has 0 unspecified atom stereocenters. The van der Waals surface area contributed by atoms with Crippen molar-refractivity contribution in [2.24, 2.45) is 27.9 Å². The third-order valence-corrected chi connectivity index (χ3v) is 12.3. The summed E-state index contributed by atoms with van der Waals surface area (Å²) in [5.74, 6) is 0.457. The summed E-state index contributed by atoms with van der Waals surface area (Å²) in [4.78, 5) is 7.07. The number of sulfonamides is 1. The minimum absolute atomic E-state index is 0.0849. The van der Waals surface area contributed by atoms with Gasteiger partial charge in [-0.3, -0.25) is 14.6 Å². The molecular formula is C35H59N7O14S. The van der Waals surface area contributed by atoms with Crippen molar-refractivity contribution >= 4 is 20.8 Å². The Kier molecular flexibility index (Phi) is 15.9. The molecule has 0 aromatic heterocycles. The zero-order chi connectivity index (χ0) is 41.8. The molecular weight excluding hydrogens is 774 g/mol. The monoisotopic (exact) mass is 833 g/mol. The molecule has 4 fully saturated rings. The van der Waals surface area contributed by atoms with E-state index in [0.29, 0.717) is 28.4 Å². The third kappa shape index (κ3) is 10.5. The van der Waals surface area contributed by atoms with Crippen LogP contribution in [0, 0.1) is 6.92 Å². The molecule has 3 saturated heterocycles. The lowest BCUT2D eigenvalue weighted by molar-refractivity contribution is -0.332. The Morgan fingerprint density at radius 2 is 1.40 bits per heavy atom. The summed E-state index contributed by atoms with van der Waals surface area (Å²) in [6.07, 6.45) is -16.5. The van der Waals surface area contributed by atoms with Crippen LogP contribution in [0.3, 0.4) is 0 Å². The first kappa shape index (κ1) is 45.8. The Morgan fingerprint density at radius 3 is 1.98 bits per heavy atom. The first-order valence-corrected chi connectivity index (χ1v) is 20.4. The number of amidine groups is 1. The number of aliphatic hydroxyl groups excluding tert-OH is 7. The predicted octanol–water partition coefficient (Wildman–Crippen LogP) is -5.90. The number of aryl methyl sites for hydroxylation is 1. The van der Waals surface area contributed by atoms with Crippen molar-refractivity contribution in [1.82, 2.24) is 9.62 Å². The Balaban J connectivity index is 0.000000228. The maximum atomic E-state index is 12.5. The van der Waals surface area contributed by atoms with Crippen molar-refractivity contribution in [3.05, 3.63) is 41.0 Å². The van der Waals surface area contributed by atoms with E-state index in [9.17, 15) is 44.2 Å². The zero-order valence-electron chi connectivity index (χ0n) is 31.9. The molecule has 1 aliphatic carbocycles. The first-order chi connectivity index (χ1) is 27.0. The van der Waals surface area contributed by atoms with E-state index < -0.39 is 108 Å². The maximum Gasteiger partial charge on any atom is 0.264 e. The first-order valence-electron chi connectivity index (χ1n) is 18.9. The minimum atomic E-state index is -3.54. The molecule has 4 heterocycles. The average Bonchev–Trinajstić information content (AvgIpc) is 3.42. The van der Waals surface area contributed by atoms with Crippen LogP contribution in [0.5, 0.6) is 0 Å². The van der Waals surface area contributed by atoms with Gasteiger partial charge in [0.2, 0.25) is 0 Å². The van der Waals surface area contributed by atoms with E-state index in [2.05, 4.69) is 14.6 Å². The number of hydrogen-bond acceptors (Lipinski definition) is 20. The molecule has 57 heavy (non-hydrogen) atoms. The van der Waals surface area contributed by atoms with Gasteiger partial charge in [0.25, 0.3) is 10.0 Å². The lowest BCUT2D eigenvalue weighted by Crippen LogP contribution is -2.68. The maximum absolute atomic E-state index is 12.5. The van der Waals surface area contributed by atoms with Crippen LogP contribution < -0.4 is 27.7 Å². The van der Waals surface area contributed by atoms with Gasteiger partial charge in [-0.25, -0.2) is 8.42 Å². The lowest BCUT2D eigenvalue weighted by atomic mass is 9.84. The minimum Gasteiger partial charge on any atom is -0.394 e. The number of rotatable bonds is 10. The highest BCUT2D eigenvalue weighted by molar-refractivity contribution is 8.00. The molecule has 0 spiro atoms. The highest BCUT2D eigenvalue weighted by Crippen LogP contribution is 2.32. The van der Waals surface area contributed by atoms with Crippen LogP contribution in [0.2, 0.25) is 0 Å². The van der Waals surface area contributed by atoms with E-state index in [1.165, 1.54) is 0 Å². The average molecular weight is 834 g/mol. The number of aliphatic hydroxyl groups is 7. The van der Waals surface area contributed by atoms with Gasteiger partial charge in [0.1, 0.15) is 71.8 Å². The summed E-state index contributed by atoms with van der Waals surface area (Å²) < 4.78 is 55.0. The predicted molar refractivity (Wildman–Crippen MR) is 203 cm³/mol. The SMILES string of the molecule is CC1=C(c2ccc(C)cc2)S(=O)(=O)NC1=NCCN1CCOCC1.NC[C@H]1O[C@H](O[C@H]2[C@H](O)[C@@H](O[C@H]3O[C@H](CO)[C@@H](O)[C@H](N)[C@H]3O)[C@H](N)C[C@@H]2N)[C@H](O)[C@@H](O)[C@@H]1O.